The van der Waals surface area contributed by atoms with Gasteiger partial charge in [0.15, 0.2) is 0 Å². The largest absolute Gasteiger partial charge is 0.324 e. The van der Waals surface area contributed by atoms with Gasteiger partial charge in [0.05, 0.1) is 0 Å². The quantitative estimate of drug-likeness (QED) is 0.612. The molecule has 0 saturated carbocycles. The number of carbonyl (C=O) groups excluding carboxylic acids is 2. The summed E-state index contributed by atoms with van der Waals surface area (Å²) in [5.74, 6) is -0.435. The number of hydrogen-bond acceptors (Lipinski definition) is 2. The highest BCUT2D eigenvalue weighted by Gasteiger charge is 2.16. The minimum absolute atomic E-state index is 0.301. The maximum absolute atomic E-state index is 11.3. The summed E-state index contributed by atoms with van der Waals surface area (Å²) in [4.78, 5) is 23.8. The standard InChI is InChI=1S/C9H14N2O2/c1-2-8(12)10-9(13)11-6-4-3-5-7-11/h2H,1,3-7H2,(H,10,12,13). The van der Waals surface area contributed by atoms with Crippen LogP contribution in [0.2, 0.25) is 0 Å². The molecule has 0 aliphatic carbocycles. The van der Waals surface area contributed by atoms with Crippen molar-refractivity contribution in [3.8, 4) is 0 Å². The van der Waals surface area contributed by atoms with Gasteiger partial charge in [-0.15, -0.1) is 0 Å². The highest BCUT2D eigenvalue weighted by molar-refractivity contribution is 5.99. The van der Waals surface area contributed by atoms with E-state index >= 15 is 0 Å². The summed E-state index contributed by atoms with van der Waals surface area (Å²) >= 11 is 0. The SMILES string of the molecule is C=CC(=O)NC(=O)N1CCCCC1. The van der Waals surface area contributed by atoms with E-state index in [2.05, 4.69) is 11.9 Å². The molecule has 1 aliphatic rings. The summed E-state index contributed by atoms with van der Waals surface area (Å²) in [5, 5.41) is 2.23. The summed E-state index contributed by atoms with van der Waals surface area (Å²) in [7, 11) is 0. The summed E-state index contributed by atoms with van der Waals surface area (Å²) < 4.78 is 0. The Hall–Kier alpha value is -1.32. The summed E-state index contributed by atoms with van der Waals surface area (Å²) in [6, 6.07) is -0.301. The maximum Gasteiger partial charge on any atom is 0.324 e. The molecule has 0 aromatic rings. The Morgan fingerprint density at radius 1 is 1.23 bits per heavy atom. The van der Waals surface area contributed by atoms with Gasteiger partial charge in [0.25, 0.3) is 5.91 Å². The van der Waals surface area contributed by atoms with Crippen LogP contribution < -0.4 is 5.32 Å². The molecule has 1 aliphatic heterocycles. The second-order valence-corrected chi connectivity index (χ2v) is 3.05. The molecule has 0 unspecified atom stereocenters. The van der Waals surface area contributed by atoms with Crippen molar-refractivity contribution < 1.29 is 9.59 Å². The van der Waals surface area contributed by atoms with Crippen molar-refractivity contribution >= 4 is 11.9 Å². The molecular formula is C9H14N2O2. The first kappa shape index (κ1) is 9.77. The van der Waals surface area contributed by atoms with Gasteiger partial charge in [-0.2, -0.15) is 0 Å². The Kier molecular flexibility index (Phi) is 3.49. The third kappa shape index (κ3) is 2.89. The van der Waals surface area contributed by atoms with Gasteiger partial charge in [-0.25, -0.2) is 4.79 Å². The first-order valence-corrected chi connectivity index (χ1v) is 4.46. The fraction of sp³-hybridized carbons (Fsp3) is 0.556. The average molecular weight is 182 g/mol. The van der Waals surface area contributed by atoms with Crippen LogP contribution in [-0.4, -0.2) is 29.9 Å². The molecule has 3 amide bonds. The van der Waals surface area contributed by atoms with Crippen LogP contribution in [0.4, 0.5) is 4.79 Å². The van der Waals surface area contributed by atoms with Gasteiger partial charge in [-0.05, 0) is 25.3 Å². The Morgan fingerprint density at radius 3 is 2.38 bits per heavy atom. The van der Waals surface area contributed by atoms with Crippen LogP contribution in [-0.2, 0) is 4.79 Å². The number of nitrogens with one attached hydrogen (secondary N) is 1. The molecule has 1 saturated heterocycles. The number of carbonyl (C=O) groups is 2. The number of hydrogen-bond donors (Lipinski definition) is 1. The lowest BCUT2D eigenvalue weighted by molar-refractivity contribution is -0.115. The predicted molar refractivity (Wildman–Crippen MR) is 49.2 cm³/mol. The maximum atomic E-state index is 11.3. The fourth-order valence-electron chi connectivity index (χ4n) is 1.33. The minimum Gasteiger partial charge on any atom is -0.324 e. The molecule has 1 N–H and O–H groups in total. The number of nitrogens with zero attached hydrogens (tertiary/aromatic N) is 1. The van der Waals surface area contributed by atoms with Crippen molar-refractivity contribution in [3.63, 3.8) is 0 Å². The van der Waals surface area contributed by atoms with E-state index in [1.54, 1.807) is 4.90 Å². The van der Waals surface area contributed by atoms with Gasteiger partial charge in [0.2, 0.25) is 0 Å². The molecule has 1 rings (SSSR count). The molecule has 0 spiro atoms. The van der Waals surface area contributed by atoms with E-state index in [0.29, 0.717) is 0 Å². The Morgan fingerprint density at radius 2 is 1.85 bits per heavy atom. The number of amides is 3. The van der Waals surface area contributed by atoms with Crippen molar-refractivity contribution in [2.45, 2.75) is 19.3 Å². The van der Waals surface area contributed by atoms with E-state index < -0.39 is 5.91 Å². The zero-order valence-corrected chi connectivity index (χ0v) is 7.58. The van der Waals surface area contributed by atoms with E-state index in [0.717, 1.165) is 32.0 Å². The number of imide groups is 1. The molecule has 4 nitrogen and oxygen atoms in total. The molecule has 72 valence electrons. The summed E-state index contributed by atoms with van der Waals surface area (Å²) in [6.45, 7) is 4.77. The third-order valence-corrected chi connectivity index (χ3v) is 2.06. The van der Waals surface area contributed by atoms with Crippen LogP contribution in [0.3, 0.4) is 0 Å². The molecule has 0 aromatic carbocycles. The lowest BCUT2D eigenvalue weighted by Gasteiger charge is -2.26. The molecule has 4 heteroatoms. The van der Waals surface area contributed by atoms with Crippen LogP contribution in [0.1, 0.15) is 19.3 Å². The zero-order valence-electron chi connectivity index (χ0n) is 7.58. The normalized spacial score (nSPS) is 16.5. The van der Waals surface area contributed by atoms with Crippen molar-refractivity contribution in [2.75, 3.05) is 13.1 Å². The van der Waals surface area contributed by atoms with Gasteiger partial charge >= 0.3 is 6.03 Å². The van der Waals surface area contributed by atoms with Crippen molar-refractivity contribution in [1.29, 1.82) is 0 Å². The van der Waals surface area contributed by atoms with E-state index in [-0.39, 0.29) is 6.03 Å². The summed E-state index contributed by atoms with van der Waals surface area (Å²) in [6.07, 6.45) is 4.31. The predicted octanol–water partition coefficient (Wildman–Crippen LogP) is 0.894. The Balaban J connectivity index is 2.37. The third-order valence-electron chi connectivity index (χ3n) is 2.06. The van der Waals surface area contributed by atoms with Crippen LogP contribution in [0.5, 0.6) is 0 Å². The minimum atomic E-state index is -0.435. The molecule has 0 atom stereocenters. The van der Waals surface area contributed by atoms with E-state index in [1.165, 1.54) is 6.42 Å². The molecule has 13 heavy (non-hydrogen) atoms. The Bertz CT molecular complexity index is 220. The van der Waals surface area contributed by atoms with Crippen LogP contribution in [0, 0.1) is 0 Å². The molecular weight excluding hydrogens is 168 g/mol. The van der Waals surface area contributed by atoms with Gasteiger partial charge in [-0.3, -0.25) is 10.1 Å². The highest BCUT2D eigenvalue weighted by atomic mass is 16.2. The van der Waals surface area contributed by atoms with Crippen molar-refractivity contribution in [1.82, 2.24) is 10.2 Å². The summed E-state index contributed by atoms with van der Waals surface area (Å²) in [5.41, 5.74) is 0. The molecule has 1 heterocycles. The van der Waals surface area contributed by atoms with Crippen LogP contribution in [0.25, 0.3) is 0 Å². The second kappa shape index (κ2) is 4.64. The van der Waals surface area contributed by atoms with Gasteiger partial charge < -0.3 is 4.90 Å². The lowest BCUT2D eigenvalue weighted by atomic mass is 10.1. The molecule has 0 bridgehead atoms. The van der Waals surface area contributed by atoms with E-state index in [1.807, 2.05) is 0 Å². The van der Waals surface area contributed by atoms with Gasteiger partial charge in [-0.1, -0.05) is 6.58 Å². The smallest absolute Gasteiger partial charge is 0.324 e. The number of urea groups is 1. The lowest BCUT2D eigenvalue weighted by Crippen LogP contribution is -2.44. The molecule has 0 radical (unpaired) electrons. The number of rotatable bonds is 1. The Labute approximate surface area is 77.6 Å². The first-order valence-electron chi connectivity index (χ1n) is 4.46. The topological polar surface area (TPSA) is 49.4 Å². The number of likely N-dealkylation sites (tertiary alicyclic amines) is 1. The average Bonchev–Trinajstić information content (AvgIpc) is 2.19. The molecule has 1 fully saturated rings. The fourth-order valence-corrected chi connectivity index (χ4v) is 1.33. The van der Waals surface area contributed by atoms with Crippen molar-refractivity contribution in [3.05, 3.63) is 12.7 Å². The van der Waals surface area contributed by atoms with Crippen molar-refractivity contribution in [2.24, 2.45) is 0 Å². The monoisotopic (exact) mass is 182 g/mol. The van der Waals surface area contributed by atoms with Crippen LogP contribution >= 0.6 is 0 Å². The first-order chi connectivity index (χ1) is 6.24. The van der Waals surface area contributed by atoms with E-state index in [4.69, 9.17) is 0 Å². The second-order valence-electron chi connectivity index (χ2n) is 3.05. The molecule has 0 aromatic heterocycles. The highest BCUT2D eigenvalue weighted by Crippen LogP contribution is 2.08. The van der Waals surface area contributed by atoms with E-state index in [9.17, 15) is 9.59 Å². The van der Waals surface area contributed by atoms with Crippen LogP contribution in [0.15, 0.2) is 12.7 Å². The van der Waals surface area contributed by atoms with Gasteiger partial charge in [0.1, 0.15) is 0 Å². The van der Waals surface area contributed by atoms with Gasteiger partial charge in [0, 0.05) is 13.1 Å². The number of piperidine rings is 1. The zero-order chi connectivity index (χ0) is 9.68.